The second-order valence-electron chi connectivity index (χ2n) is 17.9. The number of hydrogen-bond acceptors (Lipinski definition) is 8. The highest BCUT2D eigenvalue weighted by Gasteiger charge is 2.46. The molecule has 3 atom stereocenters. The molecule has 288 valence electrons. The summed E-state index contributed by atoms with van der Waals surface area (Å²) in [4.78, 5) is 31.2. The third-order valence-corrected chi connectivity index (χ3v) is 19.5. The Bertz CT molecular complexity index is 1960. The number of nitrogens with one attached hydrogen (secondary N) is 1. The molecule has 5 aliphatic rings. The molecule has 9 nitrogen and oxygen atoms in total. The summed E-state index contributed by atoms with van der Waals surface area (Å²) < 4.78 is 20.4. The Hall–Kier alpha value is -3.72. The largest absolute Gasteiger partial charge is 0.508 e. The summed E-state index contributed by atoms with van der Waals surface area (Å²) >= 11 is 0. The van der Waals surface area contributed by atoms with Gasteiger partial charge in [-0.3, -0.25) is 9.69 Å². The number of nitrogens with zero attached hydrogens (tertiary/aromatic N) is 5. The van der Waals surface area contributed by atoms with Crippen LogP contribution in [0.4, 0.5) is 10.2 Å². The van der Waals surface area contributed by atoms with Gasteiger partial charge >= 0.3 is 6.01 Å². The number of phenolic OH excluding ortho intramolecular Hbond substituents is 1. The number of rotatable bonds is 10. The molecule has 54 heavy (non-hydrogen) atoms. The summed E-state index contributed by atoms with van der Waals surface area (Å²) in [5.41, 5.74) is 8.36. The van der Waals surface area contributed by atoms with Gasteiger partial charge in [0.1, 0.15) is 25.8 Å². The molecule has 1 aliphatic carbocycles. The van der Waals surface area contributed by atoms with Gasteiger partial charge in [0.25, 0.3) is 5.91 Å². The molecular formula is C43H57FN6O3Si. The van der Waals surface area contributed by atoms with Gasteiger partial charge in [0.2, 0.25) is 0 Å². The summed E-state index contributed by atoms with van der Waals surface area (Å²) in [7, 11) is -2.04. The zero-order valence-corrected chi connectivity index (χ0v) is 33.9. The Kier molecular flexibility index (Phi) is 9.93. The van der Waals surface area contributed by atoms with Crippen LogP contribution >= 0.6 is 0 Å². The fraction of sp³-hybridized carbons (Fsp3) is 0.605. The Balaban J connectivity index is 1.11. The maximum Gasteiger partial charge on any atom is 0.318 e. The predicted molar refractivity (Wildman–Crippen MR) is 214 cm³/mol. The normalized spacial score (nSPS) is 23.4. The maximum absolute atomic E-state index is 14.7. The zero-order chi connectivity index (χ0) is 37.9. The molecule has 5 heterocycles. The van der Waals surface area contributed by atoms with Crippen LogP contribution in [0.3, 0.4) is 0 Å². The van der Waals surface area contributed by atoms with Gasteiger partial charge in [0.05, 0.1) is 31.0 Å². The van der Waals surface area contributed by atoms with Crippen LogP contribution < -0.4 is 15.0 Å². The highest BCUT2D eigenvalue weighted by Crippen LogP contribution is 2.47. The van der Waals surface area contributed by atoms with E-state index < -0.39 is 14.2 Å². The number of hydrogen-bond donors (Lipinski definition) is 2. The lowest BCUT2D eigenvalue weighted by molar-refractivity contribution is 0.0752. The van der Waals surface area contributed by atoms with Gasteiger partial charge in [-0.05, 0) is 72.3 Å². The van der Waals surface area contributed by atoms with Gasteiger partial charge < -0.3 is 25.0 Å². The number of amides is 1. The minimum absolute atomic E-state index is 0.0153. The van der Waals surface area contributed by atoms with Crippen molar-refractivity contribution in [1.29, 1.82) is 0 Å². The Morgan fingerprint density at radius 2 is 1.74 bits per heavy atom. The monoisotopic (exact) mass is 752 g/mol. The van der Waals surface area contributed by atoms with Crippen molar-refractivity contribution < 1.29 is 19.0 Å². The number of aromatic nitrogens is 2. The third-order valence-electron chi connectivity index (χ3n) is 13.3. The number of alkyl halides is 1. The van der Waals surface area contributed by atoms with E-state index >= 15 is 0 Å². The number of carbonyl (C=O) groups is 1. The van der Waals surface area contributed by atoms with Crippen molar-refractivity contribution in [1.82, 2.24) is 25.1 Å². The molecule has 4 aliphatic heterocycles. The van der Waals surface area contributed by atoms with Crippen LogP contribution in [0.2, 0.25) is 16.6 Å². The minimum atomic E-state index is -2.04. The SMILES string of the molecule is CC(C)[Si](C#Cc1cccc2cc(O)cc(C(=O)N3Cc4nc(OCC5(CN6CC[C@@H](F)C6)CC5)nc(N5CC6CCC(C5)N6)c4C3)c12)(C(C)C)C(C)C. The molecule has 1 saturated carbocycles. The molecule has 2 aromatic carbocycles. The Morgan fingerprint density at radius 1 is 1.02 bits per heavy atom. The molecule has 3 aromatic rings. The number of fused-ring (bicyclic) bond motifs is 4. The van der Waals surface area contributed by atoms with E-state index in [1.54, 1.807) is 12.1 Å². The number of ether oxygens (including phenoxy) is 1. The summed E-state index contributed by atoms with van der Waals surface area (Å²) in [6, 6.07) is 10.4. The molecule has 0 spiro atoms. The summed E-state index contributed by atoms with van der Waals surface area (Å²) in [6.45, 7) is 18.9. The molecule has 11 heteroatoms. The molecule has 8 rings (SSSR count). The molecule has 3 saturated heterocycles. The molecule has 0 radical (unpaired) electrons. The van der Waals surface area contributed by atoms with Crippen LogP contribution in [0.15, 0.2) is 30.3 Å². The van der Waals surface area contributed by atoms with E-state index in [0.29, 0.717) is 72.9 Å². The Morgan fingerprint density at radius 3 is 2.39 bits per heavy atom. The van der Waals surface area contributed by atoms with Gasteiger partial charge in [-0.1, -0.05) is 59.6 Å². The molecule has 4 fully saturated rings. The quantitative estimate of drug-likeness (QED) is 0.166. The second-order valence-corrected chi connectivity index (χ2v) is 23.5. The summed E-state index contributed by atoms with van der Waals surface area (Å²) in [5.74, 6) is 4.36. The number of phenols is 1. The Labute approximate surface area is 321 Å². The lowest BCUT2D eigenvalue weighted by Gasteiger charge is -2.38. The first kappa shape index (κ1) is 37.2. The predicted octanol–water partition coefficient (Wildman–Crippen LogP) is 7.20. The smallest absolute Gasteiger partial charge is 0.318 e. The van der Waals surface area contributed by atoms with Gasteiger partial charge in [-0.2, -0.15) is 9.97 Å². The zero-order valence-electron chi connectivity index (χ0n) is 32.9. The van der Waals surface area contributed by atoms with Crippen molar-refractivity contribution in [3.63, 3.8) is 0 Å². The van der Waals surface area contributed by atoms with Gasteiger partial charge in [-0.15, -0.1) is 5.54 Å². The summed E-state index contributed by atoms with van der Waals surface area (Å²) in [6.07, 6.45) is 4.28. The number of carbonyl (C=O) groups excluding carboxylic acids is 1. The summed E-state index contributed by atoms with van der Waals surface area (Å²) in [5, 5.41) is 16.2. The first-order valence-corrected chi connectivity index (χ1v) is 22.6. The fourth-order valence-corrected chi connectivity index (χ4v) is 15.5. The molecule has 2 bridgehead atoms. The van der Waals surface area contributed by atoms with Crippen LogP contribution in [0, 0.1) is 16.9 Å². The maximum atomic E-state index is 14.7. The molecule has 2 N–H and O–H groups in total. The van der Waals surface area contributed by atoms with Gasteiger partial charge in [0.15, 0.2) is 0 Å². The van der Waals surface area contributed by atoms with Gasteiger partial charge in [0, 0.05) is 66.7 Å². The topological polar surface area (TPSA) is 94.1 Å². The number of anilines is 1. The van der Waals surface area contributed by atoms with E-state index in [0.717, 1.165) is 85.3 Å². The molecule has 2 unspecified atom stereocenters. The van der Waals surface area contributed by atoms with Crippen LogP contribution in [0.5, 0.6) is 11.8 Å². The molecule has 1 aromatic heterocycles. The van der Waals surface area contributed by atoms with Crippen LogP contribution in [-0.2, 0) is 13.1 Å². The van der Waals surface area contributed by atoms with Crippen molar-refractivity contribution in [2.75, 3.05) is 44.2 Å². The van der Waals surface area contributed by atoms with Gasteiger partial charge in [-0.25, -0.2) is 4.39 Å². The van der Waals surface area contributed by atoms with E-state index in [1.165, 1.54) is 0 Å². The fourth-order valence-electron chi connectivity index (χ4n) is 10.3. The lowest BCUT2D eigenvalue weighted by atomic mass is 9.98. The average molecular weight is 753 g/mol. The number of likely N-dealkylation sites (tertiary alicyclic amines) is 1. The number of piperazine rings is 1. The van der Waals surface area contributed by atoms with E-state index in [1.807, 2.05) is 23.1 Å². The van der Waals surface area contributed by atoms with E-state index in [-0.39, 0.29) is 17.1 Å². The number of aromatic hydroxyl groups is 1. The number of benzene rings is 2. The van der Waals surface area contributed by atoms with Crippen molar-refractivity contribution in [2.24, 2.45) is 5.41 Å². The first-order chi connectivity index (χ1) is 25.8. The van der Waals surface area contributed by atoms with E-state index in [9.17, 15) is 14.3 Å². The van der Waals surface area contributed by atoms with Crippen molar-refractivity contribution >= 4 is 30.6 Å². The molecule has 1 amide bonds. The lowest BCUT2D eigenvalue weighted by Crippen LogP contribution is -2.51. The standard InChI is InChI=1S/C43H57FN6O3Si/c1-27(2)54(28(3)4,29(5)6)17-13-30-8-7-9-31-18-35(51)19-36(39(30)31)41(52)50-23-37-38(24-50)46-42(47-40(37)49-21-33-10-11-34(22-49)45-33)53-26-43(14-15-43)25-48-16-12-32(44)20-48/h7-9,18-19,27-29,32-34,45,51H,10-12,14-16,20-26H2,1-6H3/t32-,33?,34?/m1/s1. The highest BCUT2D eigenvalue weighted by molar-refractivity contribution is 6.90. The average Bonchev–Trinajstić information content (AvgIpc) is 3.37. The third kappa shape index (κ3) is 6.99. The van der Waals surface area contributed by atoms with E-state index in [4.69, 9.17) is 14.7 Å². The van der Waals surface area contributed by atoms with Crippen molar-refractivity contribution in [2.45, 2.75) is 122 Å². The number of halogens is 1. The minimum Gasteiger partial charge on any atom is -0.508 e. The van der Waals surface area contributed by atoms with Crippen LogP contribution in [-0.4, -0.2) is 96.4 Å². The highest BCUT2D eigenvalue weighted by atomic mass is 28.3. The van der Waals surface area contributed by atoms with E-state index in [2.05, 4.69) is 68.1 Å². The van der Waals surface area contributed by atoms with Crippen molar-refractivity contribution in [3.05, 3.63) is 52.7 Å². The second kappa shape index (κ2) is 14.4. The van der Waals surface area contributed by atoms with Crippen molar-refractivity contribution in [3.8, 4) is 23.2 Å². The van der Waals surface area contributed by atoms with Crippen LogP contribution in [0.25, 0.3) is 10.8 Å². The van der Waals surface area contributed by atoms with Crippen LogP contribution in [0.1, 0.15) is 101 Å². The molecular weight excluding hydrogens is 696 g/mol. The first-order valence-electron chi connectivity index (χ1n) is 20.3.